The molecule has 1 aromatic rings. The van der Waals surface area contributed by atoms with Crippen molar-refractivity contribution in [3.63, 3.8) is 0 Å². The number of carbonyl (C=O) groups is 4. The van der Waals surface area contributed by atoms with E-state index in [0.29, 0.717) is 5.56 Å². The van der Waals surface area contributed by atoms with Crippen molar-refractivity contribution in [3.05, 3.63) is 35.4 Å². The third-order valence-corrected chi connectivity index (χ3v) is 6.85. The molecule has 12 heteroatoms. The van der Waals surface area contributed by atoms with Gasteiger partial charge >= 0.3 is 19.5 Å². The van der Waals surface area contributed by atoms with E-state index in [0.717, 1.165) is 14.2 Å². The molecule has 1 aromatic carbocycles. The fourth-order valence-electron chi connectivity index (χ4n) is 3.17. The van der Waals surface area contributed by atoms with Crippen molar-refractivity contribution >= 4 is 31.3 Å². The van der Waals surface area contributed by atoms with Gasteiger partial charge in [-0.2, -0.15) is 0 Å². The molecule has 1 rings (SSSR count). The minimum atomic E-state index is -3.31. The molecule has 0 aliphatic heterocycles. The maximum absolute atomic E-state index is 12.7. The van der Waals surface area contributed by atoms with Gasteiger partial charge in [0.25, 0.3) is 5.91 Å². The number of esters is 2. The highest BCUT2D eigenvalue weighted by molar-refractivity contribution is 7.53. The van der Waals surface area contributed by atoms with Gasteiger partial charge in [0, 0.05) is 11.5 Å². The van der Waals surface area contributed by atoms with Crippen molar-refractivity contribution in [2.24, 2.45) is 17.6 Å². The van der Waals surface area contributed by atoms with Crippen LogP contribution in [0.15, 0.2) is 24.3 Å². The topological polar surface area (TPSA) is 160 Å². The zero-order valence-corrected chi connectivity index (χ0v) is 20.3. The Bertz CT molecular complexity index is 862. The van der Waals surface area contributed by atoms with Crippen LogP contribution >= 0.6 is 7.60 Å². The molecule has 33 heavy (non-hydrogen) atoms. The van der Waals surface area contributed by atoms with E-state index in [2.05, 4.69) is 14.8 Å². The SMILES string of the molecule is CCOP(=O)(Cc1ccc(C(=O)N[C@@H](C(N)=O)[C@@H](C)C(C(=O)OC)C(=O)OC)cc1)OCC. The van der Waals surface area contributed by atoms with E-state index in [1.54, 1.807) is 26.0 Å². The Labute approximate surface area is 192 Å². The highest BCUT2D eigenvalue weighted by Gasteiger charge is 2.41. The first-order valence-electron chi connectivity index (χ1n) is 10.3. The predicted molar refractivity (Wildman–Crippen MR) is 118 cm³/mol. The third-order valence-electron chi connectivity index (χ3n) is 4.80. The number of amides is 2. The first-order valence-corrected chi connectivity index (χ1v) is 12.0. The fourth-order valence-corrected chi connectivity index (χ4v) is 4.87. The minimum absolute atomic E-state index is 0.0253. The standard InChI is InChI=1S/C21H31N2O9P/c1-6-31-33(28,32-7-2)12-14-8-10-15(11-9-14)19(25)23-17(18(22)24)13(3)16(20(26)29-4)21(27)30-5/h8-11,13,16-17H,6-7,12H2,1-5H3,(H2,22,24)(H,23,25)/t13-,17+/m0/s1. The van der Waals surface area contributed by atoms with Crippen molar-refractivity contribution in [2.75, 3.05) is 27.4 Å². The average Bonchev–Trinajstić information content (AvgIpc) is 2.77. The summed E-state index contributed by atoms with van der Waals surface area (Å²) in [6, 6.07) is 4.72. The third kappa shape index (κ3) is 7.96. The summed E-state index contributed by atoms with van der Waals surface area (Å²) in [7, 11) is -1.15. The molecule has 11 nitrogen and oxygen atoms in total. The lowest BCUT2D eigenvalue weighted by molar-refractivity contribution is -0.161. The van der Waals surface area contributed by atoms with E-state index in [4.69, 9.17) is 14.8 Å². The number of hydrogen-bond donors (Lipinski definition) is 2. The molecule has 2 atom stereocenters. The van der Waals surface area contributed by atoms with Crippen LogP contribution in [0.25, 0.3) is 0 Å². The van der Waals surface area contributed by atoms with Crippen LogP contribution in [0.4, 0.5) is 0 Å². The van der Waals surface area contributed by atoms with Gasteiger partial charge in [0.15, 0.2) is 5.92 Å². The van der Waals surface area contributed by atoms with Gasteiger partial charge in [0.1, 0.15) is 6.04 Å². The van der Waals surface area contributed by atoms with Gasteiger partial charge in [-0.15, -0.1) is 0 Å². The fraction of sp³-hybridized carbons (Fsp3) is 0.524. The molecule has 0 saturated carbocycles. The largest absolute Gasteiger partial charge is 0.468 e. The van der Waals surface area contributed by atoms with Crippen molar-refractivity contribution in [2.45, 2.75) is 33.0 Å². The first-order chi connectivity index (χ1) is 15.5. The number of methoxy groups -OCH3 is 2. The number of rotatable bonds is 13. The molecule has 0 unspecified atom stereocenters. The van der Waals surface area contributed by atoms with Gasteiger partial charge in [0.2, 0.25) is 5.91 Å². The van der Waals surface area contributed by atoms with E-state index < -0.39 is 49.2 Å². The van der Waals surface area contributed by atoms with Gasteiger partial charge < -0.3 is 29.6 Å². The minimum Gasteiger partial charge on any atom is -0.468 e. The van der Waals surface area contributed by atoms with Crippen LogP contribution in [0.3, 0.4) is 0 Å². The Morgan fingerprint density at radius 3 is 1.85 bits per heavy atom. The van der Waals surface area contributed by atoms with Crippen molar-refractivity contribution < 1.29 is 42.3 Å². The van der Waals surface area contributed by atoms with Gasteiger partial charge in [-0.25, -0.2) is 0 Å². The number of primary amides is 1. The number of benzene rings is 1. The zero-order chi connectivity index (χ0) is 25.2. The summed E-state index contributed by atoms with van der Waals surface area (Å²) in [5.41, 5.74) is 6.21. The quantitative estimate of drug-likeness (QED) is 0.240. The molecule has 0 heterocycles. The van der Waals surface area contributed by atoms with Gasteiger partial charge in [-0.1, -0.05) is 19.1 Å². The molecule has 184 valence electrons. The molecular formula is C21H31N2O9P. The smallest absolute Gasteiger partial charge is 0.335 e. The van der Waals surface area contributed by atoms with Gasteiger partial charge in [-0.05, 0) is 31.5 Å². The molecule has 0 aromatic heterocycles. The van der Waals surface area contributed by atoms with Crippen LogP contribution in [0.2, 0.25) is 0 Å². The second kappa shape index (κ2) is 13.1. The number of hydrogen-bond acceptors (Lipinski definition) is 9. The summed E-state index contributed by atoms with van der Waals surface area (Å²) in [5, 5.41) is 2.45. The molecule has 0 aliphatic carbocycles. The van der Waals surface area contributed by atoms with Crippen LogP contribution < -0.4 is 11.1 Å². The Morgan fingerprint density at radius 2 is 1.45 bits per heavy atom. The maximum atomic E-state index is 12.7. The van der Waals surface area contributed by atoms with E-state index in [1.807, 2.05) is 0 Å². The zero-order valence-electron chi connectivity index (χ0n) is 19.4. The Balaban J connectivity index is 3.04. The number of nitrogens with two attached hydrogens (primary N) is 1. The Morgan fingerprint density at radius 1 is 0.970 bits per heavy atom. The monoisotopic (exact) mass is 486 g/mol. The summed E-state index contributed by atoms with van der Waals surface area (Å²) in [5.74, 6) is -5.97. The molecule has 3 N–H and O–H groups in total. The van der Waals surface area contributed by atoms with E-state index >= 15 is 0 Å². The molecule has 0 spiro atoms. The summed E-state index contributed by atoms with van der Waals surface area (Å²) < 4.78 is 32.4. The highest BCUT2D eigenvalue weighted by atomic mass is 31.2. The molecule has 0 bridgehead atoms. The van der Waals surface area contributed by atoms with Crippen LogP contribution in [-0.2, 0) is 43.6 Å². The molecular weight excluding hydrogens is 455 g/mol. The van der Waals surface area contributed by atoms with Gasteiger partial charge in [-0.3, -0.25) is 23.7 Å². The Hall–Kier alpha value is -2.75. The maximum Gasteiger partial charge on any atom is 0.335 e. The predicted octanol–water partition coefficient (Wildman–Crippen LogP) is 1.63. The summed E-state index contributed by atoms with van der Waals surface area (Å²) >= 11 is 0. The second-order valence-electron chi connectivity index (χ2n) is 7.04. The summed E-state index contributed by atoms with van der Waals surface area (Å²) in [4.78, 5) is 48.8. The van der Waals surface area contributed by atoms with Crippen LogP contribution in [0.5, 0.6) is 0 Å². The molecule has 0 aliphatic rings. The van der Waals surface area contributed by atoms with Crippen LogP contribution in [0, 0.1) is 11.8 Å². The van der Waals surface area contributed by atoms with Crippen LogP contribution in [-0.4, -0.2) is 57.2 Å². The average molecular weight is 486 g/mol. The van der Waals surface area contributed by atoms with Crippen molar-refractivity contribution in [1.82, 2.24) is 5.32 Å². The van der Waals surface area contributed by atoms with E-state index in [1.165, 1.54) is 19.1 Å². The van der Waals surface area contributed by atoms with Crippen LogP contribution in [0.1, 0.15) is 36.7 Å². The Kier molecular flexibility index (Phi) is 11.2. The lowest BCUT2D eigenvalue weighted by atomic mass is 9.86. The van der Waals surface area contributed by atoms with E-state index in [9.17, 15) is 23.7 Å². The lowest BCUT2D eigenvalue weighted by Gasteiger charge is -2.26. The summed E-state index contributed by atoms with van der Waals surface area (Å²) in [6.45, 7) is 5.27. The van der Waals surface area contributed by atoms with Gasteiger partial charge in [0.05, 0.1) is 33.6 Å². The number of carbonyl (C=O) groups excluding carboxylic acids is 4. The molecule has 0 saturated heterocycles. The lowest BCUT2D eigenvalue weighted by Crippen LogP contribution is -2.52. The van der Waals surface area contributed by atoms with Crippen molar-refractivity contribution in [1.29, 1.82) is 0 Å². The van der Waals surface area contributed by atoms with Crippen molar-refractivity contribution in [3.8, 4) is 0 Å². The molecule has 0 fully saturated rings. The normalized spacial score (nSPS) is 13.2. The first kappa shape index (κ1) is 28.3. The van der Waals surface area contributed by atoms with E-state index in [-0.39, 0.29) is 24.9 Å². The molecule has 2 amide bonds. The highest BCUT2D eigenvalue weighted by Crippen LogP contribution is 2.51. The second-order valence-corrected chi connectivity index (χ2v) is 9.09. The molecule has 0 radical (unpaired) electrons. The summed E-state index contributed by atoms with van der Waals surface area (Å²) in [6.07, 6.45) is 0.0253. The number of ether oxygens (including phenoxy) is 2. The number of nitrogens with one attached hydrogen (secondary N) is 1.